The summed E-state index contributed by atoms with van der Waals surface area (Å²) in [6.07, 6.45) is 2.99. The van der Waals surface area contributed by atoms with E-state index in [1.807, 2.05) is 18.2 Å². The maximum Gasteiger partial charge on any atom is 0.284 e. The monoisotopic (exact) mass is 606 g/mol. The number of allylic oxidation sites excluding steroid dienone is 1. The van der Waals surface area contributed by atoms with Crippen LogP contribution in [-0.4, -0.2) is 21.5 Å². The number of hydrogen-bond donors (Lipinski definition) is 0. The molecule has 44 heavy (non-hydrogen) atoms. The van der Waals surface area contributed by atoms with E-state index in [9.17, 15) is 25.0 Å². The summed E-state index contributed by atoms with van der Waals surface area (Å²) in [4.78, 5) is 41.8. The van der Waals surface area contributed by atoms with E-state index in [1.54, 1.807) is 47.0 Å². The number of nitro groups is 2. The summed E-state index contributed by atoms with van der Waals surface area (Å²) in [6.45, 7) is 0. The third kappa shape index (κ3) is 4.52. The van der Waals surface area contributed by atoms with Gasteiger partial charge in [0.1, 0.15) is 17.3 Å². The molecule has 0 N–H and O–H groups in total. The molecule has 2 aromatic heterocycles. The third-order valence-corrected chi connectivity index (χ3v) is 8.82. The predicted octanol–water partition coefficient (Wildman–Crippen LogP) is 5.40. The zero-order valence-electron chi connectivity index (χ0n) is 23.1. The number of rotatable bonds is 6. The van der Waals surface area contributed by atoms with Crippen molar-refractivity contribution in [3.8, 4) is 17.1 Å². The average molecular weight is 607 g/mol. The summed E-state index contributed by atoms with van der Waals surface area (Å²) in [5, 5.41) is 23.4. The summed E-state index contributed by atoms with van der Waals surface area (Å²) in [7, 11) is 1.43. The number of nitro benzene ring substituents is 2. The van der Waals surface area contributed by atoms with E-state index in [4.69, 9.17) is 14.1 Å². The van der Waals surface area contributed by atoms with Crippen LogP contribution in [0.2, 0.25) is 0 Å². The normalized spacial score (nSPS) is 15.7. The maximum atomic E-state index is 14.0. The zero-order valence-corrected chi connectivity index (χ0v) is 23.9. The van der Waals surface area contributed by atoms with Crippen LogP contribution in [0.15, 0.2) is 98.6 Å². The molecule has 3 heterocycles. The van der Waals surface area contributed by atoms with Gasteiger partial charge in [0.25, 0.3) is 16.9 Å². The van der Waals surface area contributed by atoms with Crippen molar-refractivity contribution in [3.05, 3.63) is 147 Å². The molecule has 7 rings (SSSR count). The Kier molecular flexibility index (Phi) is 6.55. The fourth-order valence-electron chi connectivity index (χ4n) is 5.83. The van der Waals surface area contributed by atoms with Crippen molar-refractivity contribution < 1.29 is 19.0 Å². The first-order valence-corrected chi connectivity index (χ1v) is 14.4. The van der Waals surface area contributed by atoms with Crippen molar-refractivity contribution >= 4 is 34.5 Å². The van der Waals surface area contributed by atoms with Gasteiger partial charge in [0.15, 0.2) is 4.80 Å². The number of methoxy groups -OCH3 is 1. The van der Waals surface area contributed by atoms with Gasteiger partial charge in [-0.1, -0.05) is 47.7 Å². The SMILES string of the molecule is COc1ccc(-c2ccc(/C=c3/sc4n(c3=O)[C@H](c3cccc([N+](=O)[O-])c3)C3=C(N=4)c4ccccc4CC3)o2)c([N+](=O)[O-])c1. The minimum atomic E-state index is -0.578. The van der Waals surface area contributed by atoms with Crippen LogP contribution in [-0.2, 0) is 6.42 Å². The molecule has 0 saturated carbocycles. The highest BCUT2D eigenvalue weighted by Crippen LogP contribution is 2.41. The molecular weight excluding hydrogens is 584 g/mol. The van der Waals surface area contributed by atoms with Gasteiger partial charge in [0.2, 0.25) is 0 Å². The Morgan fingerprint density at radius 2 is 1.82 bits per heavy atom. The van der Waals surface area contributed by atoms with Crippen molar-refractivity contribution in [2.45, 2.75) is 18.9 Å². The third-order valence-electron chi connectivity index (χ3n) is 7.84. The Labute approximate surface area is 252 Å². The van der Waals surface area contributed by atoms with Crippen molar-refractivity contribution in [1.29, 1.82) is 0 Å². The number of aryl methyl sites for hydroxylation is 1. The summed E-state index contributed by atoms with van der Waals surface area (Å²) >= 11 is 1.19. The van der Waals surface area contributed by atoms with Gasteiger partial charge in [-0.3, -0.25) is 29.6 Å². The van der Waals surface area contributed by atoms with E-state index in [0.717, 1.165) is 28.8 Å². The quantitative estimate of drug-likeness (QED) is 0.186. The molecule has 2 aliphatic rings. The maximum absolute atomic E-state index is 14.0. The Morgan fingerprint density at radius 3 is 2.61 bits per heavy atom. The van der Waals surface area contributed by atoms with Gasteiger partial charge in [-0.25, -0.2) is 4.99 Å². The molecule has 1 atom stereocenters. The van der Waals surface area contributed by atoms with Crippen LogP contribution >= 0.6 is 11.3 Å². The minimum Gasteiger partial charge on any atom is -0.497 e. The van der Waals surface area contributed by atoms with Crippen LogP contribution in [0.25, 0.3) is 23.1 Å². The number of nitrogens with zero attached hydrogens (tertiary/aromatic N) is 4. The number of non-ortho nitro benzene ring substituents is 1. The topological polar surface area (TPSA) is 143 Å². The van der Waals surface area contributed by atoms with E-state index in [-0.39, 0.29) is 28.3 Å². The molecule has 5 aromatic rings. The second kappa shape index (κ2) is 10.6. The Bertz CT molecular complexity index is 2230. The molecule has 218 valence electrons. The molecule has 1 aliphatic carbocycles. The van der Waals surface area contributed by atoms with E-state index in [1.165, 1.54) is 36.6 Å². The second-order valence-electron chi connectivity index (χ2n) is 10.3. The molecule has 11 nitrogen and oxygen atoms in total. The molecular formula is C32H22N4O7S. The summed E-state index contributed by atoms with van der Waals surface area (Å²) in [6, 6.07) is 21.5. The molecule has 0 amide bonds. The van der Waals surface area contributed by atoms with Crippen molar-refractivity contribution in [2.24, 2.45) is 4.99 Å². The zero-order chi connectivity index (χ0) is 30.5. The number of hydrogen-bond acceptors (Lipinski definition) is 9. The van der Waals surface area contributed by atoms with Gasteiger partial charge < -0.3 is 9.15 Å². The van der Waals surface area contributed by atoms with Crippen LogP contribution in [0.4, 0.5) is 11.4 Å². The van der Waals surface area contributed by atoms with Gasteiger partial charge in [0, 0.05) is 23.8 Å². The molecule has 1 aliphatic heterocycles. The van der Waals surface area contributed by atoms with E-state index >= 15 is 0 Å². The largest absolute Gasteiger partial charge is 0.497 e. The van der Waals surface area contributed by atoms with Gasteiger partial charge >= 0.3 is 0 Å². The lowest BCUT2D eigenvalue weighted by Gasteiger charge is -2.30. The van der Waals surface area contributed by atoms with Gasteiger partial charge in [0.05, 0.1) is 44.9 Å². The molecule has 0 unspecified atom stereocenters. The number of ether oxygens (including phenoxy) is 1. The molecule has 0 spiro atoms. The molecule has 0 saturated heterocycles. The number of thiazole rings is 1. The van der Waals surface area contributed by atoms with Crippen molar-refractivity contribution in [3.63, 3.8) is 0 Å². The van der Waals surface area contributed by atoms with Crippen LogP contribution < -0.4 is 19.6 Å². The van der Waals surface area contributed by atoms with Gasteiger partial charge in [-0.2, -0.15) is 0 Å². The number of aromatic nitrogens is 1. The first-order chi connectivity index (χ1) is 21.3. The van der Waals surface area contributed by atoms with E-state index in [0.29, 0.717) is 32.8 Å². The highest BCUT2D eigenvalue weighted by atomic mass is 32.1. The Morgan fingerprint density at radius 1 is 0.977 bits per heavy atom. The second-order valence-corrected chi connectivity index (χ2v) is 11.3. The Hall–Kier alpha value is -5.62. The minimum absolute atomic E-state index is 0.0595. The predicted molar refractivity (Wildman–Crippen MR) is 163 cm³/mol. The standard InChI is InChI=1S/C32H22N4O7S/c1-42-21-10-13-24(26(16-21)36(40)41)27-14-11-22(43-27)17-28-31(37)34-30(19-6-4-7-20(15-19)35(38)39)25-12-9-18-5-2-3-8-23(18)29(25)33-32(34)44-28/h2-8,10-11,13-17,30H,9,12H2,1H3/b28-17+/t30-/m1/s1. The Balaban J connectivity index is 1.38. The lowest BCUT2D eigenvalue weighted by atomic mass is 9.83. The van der Waals surface area contributed by atoms with Crippen molar-refractivity contribution in [2.75, 3.05) is 7.11 Å². The smallest absolute Gasteiger partial charge is 0.284 e. The van der Waals surface area contributed by atoms with E-state index in [2.05, 4.69) is 6.07 Å². The summed E-state index contributed by atoms with van der Waals surface area (Å²) < 4.78 is 13.0. The molecule has 3 aromatic carbocycles. The highest BCUT2D eigenvalue weighted by molar-refractivity contribution is 7.07. The fraction of sp³-hybridized carbons (Fsp3) is 0.125. The molecule has 0 radical (unpaired) electrons. The van der Waals surface area contributed by atoms with Gasteiger partial charge in [-0.05, 0) is 53.8 Å². The van der Waals surface area contributed by atoms with Crippen LogP contribution in [0, 0.1) is 20.2 Å². The summed E-state index contributed by atoms with van der Waals surface area (Å²) in [5.74, 6) is 0.938. The lowest BCUT2D eigenvalue weighted by molar-refractivity contribution is -0.385. The molecule has 0 fully saturated rings. The van der Waals surface area contributed by atoms with Crippen molar-refractivity contribution in [1.82, 2.24) is 4.57 Å². The van der Waals surface area contributed by atoms with Crippen LogP contribution in [0.3, 0.4) is 0 Å². The lowest BCUT2D eigenvalue weighted by Crippen LogP contribution is -2.38. The van der Waals surface area contributed by atoms with E-state index < -0.39 is 15.9 Å². The summed E-state index contributed by atoms with van der Waals surface area (Å²) in [5.41, 5.74) is 4.20. The number of furan rings is 1. The fourth-order valence-corrected chi connectivity index (χ4v) is 6.81. The highest BCUT2D eigenvalue weighted by Gasteiger charge is 2.33. The first kappa shape index (κ1) is 27.2. The van der Waals surface area contributed by atoms with Gasteiger partial charge in [-0.15, -0.1) is 0 Å². The van der Waals surface area contributed by atoms with Crippen LogP contribution in [0.1, 0.15) is 34.9 Å². The molecule has 0 bridgehead atoms. The number of fused-ring (bicyclic) bond motifs is 3. The van der Waals surface area contributed by atoms with Crippen LogP contribution in [0.5, 0.6) is 5.75 Å². The first-order valence-electron chi connectivity index (χ1n) is 13.6. The average Bonchev–Trinajstić information content (AvgIpc) is 3.63. The number of benzene rings is 3. The molecule has 12 heteroatoms.